The highest BCUT2D eigenvalue weighted by Gasteiger charge is 2.37. The molecule has 1 saturated heterocycles. The maximum absolute atomic E-state index is 6.01. The fourth-order valence-corrected chi connectivity index (χ4v) is 2.94. The third-order valence-electron chi connectivity index (χ3n) is 4.27. The maximum atomic E-state index is 6.01. The SMILES string of the molecule is CCC(CC)(CN)N1CCCC(C)(C)C1. The lowest BCUT2D eigenvalue weighted by Gasteiger charge is -2.49. The van der Waals surface area contributed by atoms with E-state index < -0.39 is 0 Å². The highest BCUT2D eigenvalue weighted by Crippen LogP contribution is 2.34. The summed E-state index contributed by atoms with van der Waals surface area (Å²) in [6, 6.07) is 0. The van der Waals surface area contributed by atoms with Crippen molar-refractivity contribution < 1.29 is 0 Å². The van der Waals surface area contributed by atoms with Gasteiger partial charge in [-0.2, -0.15) is 0 Å². The standard InChI is InChI=1S/C13H28N2/c1-5-13(6-2,10-14)15-9-7-8-12(3,4)11-15/h5-11,14H2,1-4H3. The van der Waals surface area contributed by atoms with Crippen LogP contribution in [0.1, 0.15) is 53.4 Å². The minimum absolute atomic E-state index is 0.262. The Labute approximate surface area is 95.2 Å². The van der Waals surface area contributed by atoms with Gasteiger partial charge in [0.25, 0.3) is 0 Å². The minimum Gasteiger partial charge on any atom is -0.329 e. The van der Waals surface area contributed by atoms with Crippen molar-refractivity contribution in [3.63, 3.8) is 0 Å². The van der Waals surface area contributed by atoms with E-state index in [1.54, 1.807) is 0 Å². The fourth-order valence-electron chi connectivity index (χ4n) is 2.94. The second kappa shape index (κ2) is 4.84. The van der Waals surface area contributed by atoms with E-state index in [0.717, 1.165) is 6.54 Å². The van der Waals surface area contributed by atoms with E-state index >= 15 is 0 Å². The molecule has 15 heavy (non-hydrogen) atoms. The molecule has 1 aliphatic rings. The lowest BCUT2D eigenvalue weighted by Crippen LogP contribution is -2.57. The van der Waals surface area contributed by atoms with E-state index in [1.807, 2.05) is 0 Å². The Morgan fingerprint density at radius 1 is 1.27 bits per heavy atom. The van der Waals surface area contributed by atoms with Gasteiger partial charge in [0, 0.05) is 18.6 Å². The van der Waals surface area contributed by atoms with Gasteiger partial charge in [-0.05, 0) is 37.6 Å². The summed E-state index contributed by atoms with van der Waals surface area (Å²) in [6.07, 6.45) is 5.04. The van der Waals surface area contributed by atoms with Crippen molar-refractivity contribution in [2.45, 2.75) is 58.9 Å². The zero-order valence-electron chi connectivity index (χ0n) is 11.0. The summed E-state index contributed by atoms with van der Waals surface area (Å²) in [4.78, 5) is 2.65. The summed E-state index contributed by atoms with van der Waals surface area (Å²) in [5, 5.41) is 0. The Bertz CT molecular complexity index is 186. The molecule has 0 aromatic carbocycles. The normalized spacial score (nSPS) is 23.0. The zero-order valence-corrected chi connectivity index (χ0v) is 11.0. The van der Waals surface area contributed by atoms with Crippen LogP contribution in [0.5, 0.6) is 0 Å². The van der Waals surface area contributed by atoms with Gasteiger partial charge in [0.1, 0.15) is 0 Å². The molecule has 2 heteroatoms. The van der Waals surface area contributed by atoms with Gasteiger partial charge in [-0.25, -0.2) is 0 Å². The molecule has 1 heterocycles. The number of hydrogen-bond acceptors (Lipinski definition) is 2. The average Bonchev–Trinajstić information content (AvgIpc) is 2.20. The maximum Gasteiger partial charge on any atom is 0.0326 e. The molecule has 2 nitrogen and oxygen atoms in total. The van der Waals surface area contributed by atoms with E-state index in [1.165, 1.54) is 38.8 Å². The number of likely N-dealkylation sites (tertiary alicyclic amines) is 1. The lowest BCUT2D eigenvalue weighted by molar-refractivity contribution is 0.0132. The Hall–Kier alpha value is -0.0800. The van der Waals surface area contributed by atoms with Crippen molar-refractivity contribution in [3.8, 4) is 0 Å². The third kappa shape index (κ3) is 2.73. The molecule has 0 atom stereocenters. The quantitative estimate of drug-likeness (QED) is 0.776. The van der Waals surface area contributed by atoms with Crippen molar-refractivity contribution in [2.24, 2.45) is 11.1 Å². The summed E-state index contributed by atoms with van der Waals surface area (Å²) >= 11 is 0. The van der Waals surface area contributed by atoms with Crippen LogP contribution in [0.2, 0.25) is 0 Å². The predicted molar refractivity (Wildman–Crippen MR) is 67.0 cm³/mol. The molecule has 2 N–H and O–H groups in total. The summed E-state index contributed by atoms with van der Waals surface area (Å²) < 4.78 is 0. The highest BCUT2D eigenvalue weighted by atomic mass is 15.2. The number of rotatable bonds is 4. The second-order valence-corrected chi connectivity index (χ2v) is 5.82. The molecular weight excluding hydrogens is 184 g/mol. The van der Waals surface area contributed by atoms with E-state index in [0.29, 0.717) is 5.41 Å². The van der Waals surface area contributed by atoms with Gasteiger partial charge in [0.2, 0.25) is 0 Å². The molecule has 0 radical (unpaired) electrons. The fraction of sp³-hybridized carbons (Fsp3) is 1.00. The Balaban J connectivity index is 2.76. The molecule has 1 rings (SSSR count). The molecule has 1 fully saturated rings. The molecule has 0 amide bonds. The van der Waals surface area contributed by atoms with Gasteiger partial charge in [-0.1, -0.05) is 27.7 Å². The van der Waals surface area contributed by atoms with Crippen LogP contribution in [0, 0.1) is 5.41 Å². The van der Waals surface area contributed by atoms with Gasteiger partial charge >= 0.3 is 0 Å². The number of hydrogen-bond donors (Lipinski definition) is 1. The Morgan fingerprint density at radius 3 is 2.27 bits per heavy atom. The number of piperidine rings is 1. The van der Waals surface area contributed by atoms with Gasteiger partial charge < -0.3 is 5.73 Å². The number of nitrogens with zero attached hydrogens (tertiary/aromatic N) is 1. The Kier molecular flexibility index (Phi) is 4.19. The van der Waals surface area contributed by atoms with Crippen molar-refractivity contribution in [1.29, 1.82) is 0 Å². The zero-order chi connectivity index (χ0) is 11.5. The van der Waals surface area contributed by atoms with E-state index in [2.05, 4.69) is 32.6 Å². The topological polar surface area (TPSA) is 29.3 Å². The first-order valence-corrected chi connectivity index (χ1v) is 6.45. The molecule has 0 unspecified atom stereocenters. The van der Waals surface area contributed by atoms with Crippen molar-refractivity contribution >= 4 is 0 Å². The molecule has 0 saturated carbocycles. The molecule has 0 aromatic rings. The van der Waals surface area contributed by atoms with Crippen LogP contribution in [0.25, 0.3) is 0 Å². The first-order valence-electron chi connectivity index (χ1n) is 6.45. The molecule has 0 aromatic heterocycles. The first-order chi connectivity index (χ1) is 6.99. The van der Waals surface area contributed by atoms with Gasteiger partial charge in [-0.3, -0.25) is 4.90 Å². The summed E-state index contributed by atoms with van der Waals surface area (Å²) in [5.41, 5.74) is 6.74. The van der Waals surface area contributed by atoms with E-state index in [-0.39, 0.29) is 5.54 Å². The summed E-state index contributed by atoms with van der Waals surface area (Å²) in [7, 11) is 0. The second-order valence-electron chi connectivity index (χ2n) is 5.82. The smallest absolute Gasteiger partial charge is 0.0326 e. The highest BCUT2D eigenvalue weighted by molar-refractivity contribution is 4.94. The lowest BCUT2D eigenvalue weighted by atomic mass is 9.80. The first kappa shape index (κ1) is 13.0. The average molecular weight is 212 g/mol. The molecule has 1 aliphatic heterocycles. The third-order valence-corrected chi connectivity index (χ3v) is 4.27. The van der Waals surface area contributed by atoms with Crippen LogP contribution in [0.3, 0.4) is 0 Å². The van der Waals surface area contributed by atoms with Crippen molar-refractivity contribution in [3.05, 3.63) is 0 Å². The van der Waals surface area contributed by atoms with Crippen LogP contribution in [-0.4, -0.2) is 30.1 Å². The monoisotopic (exact) mass is 212 g/mol. The molecular formula is C13H28N2. The van der Waals surface area contributed by atoms with E-state index in [9.17, 15) is 0 Å². The molecule has 0 spiro atoms. The van der Waals surface area contributed by atoms with Crippen LogP contribution in [0.15, 0.2) is 0 Å². The largest absolute Gasteiger partial charge is 0.329 e. The molecule has 0 aliphatic carbocycles. The summed E-state index contributed by atoms with van der Waals surface area (Å²) in [5.74, 6) is 0. The van der Waals surface area contributed by atoms with Crippen LogP contribution in [-0.2, 0) is 0 Å². The predicted octanol–water partition coefficient (Wildman–Crippen LogP) is 2.63. The van der Waals surface area contributed by atoms with E-state index in [4.69, 9.17) is 5.73 Å². The van der Waals surface area contributed by atoms with Gasteiger partial charge in [0.15, 0.2) is 0 Å². The Morgan fingerprint density at radius 2 is 1.87 bits per heavy atom. The van der Waals surface area contributed by atoms with Crippen LogP contribution >= 0.6 is 0 Å². The van der Waals surface area contributed by atoms with Crippen LogP contribution in [0.4, 0.5) is 0 Å². The van der Waals surface area contributed by atoms with Crippen molar-refractivity contribution in [1.82, 2.24) is 4.90 Å². The van der Waals surface area contributed by atoms with Crippen LogP contribution < -0.4 is 5.73 Å². The van der Waals surface area contributed by atoms with Crippen molar-refractivity contribution in [2.75, 3.05) is 19.6 Å². The van der Waals surface area contributed by atoms with Gasteiger partial charge in [0.05, 0.1) is 0 Å². The molecule has 0 bridgehead atoms. The minimum atomic E-state index is 0.262. The number of nitrogens with two attached hydrogens (primary N) is 1. The molecule has 90 valence electrons. The summed E-state index contributed by atoms with van der Waals surface area (Å²) in [6.45, 7) is 12.6. The van der Waals surface area contributed by atoms with Gasteiger partial charge in [-0.15, -0.1) is 0 Å².